The van der Waals surface area contributed by atoms with E-state index in [9.17, 15) is 9.59 Å². The second kappa shape index (κ2) is 6.99. The average Bonchev–Trinajstić information content (AvgIpc) is 2.40. The van der Waals surface area contributed by atoms with E-state index >= 15 is 0 Å². The lowest BCUT2D eigenvalue weighted by Crippen LogP contribution is -2.45. The van der Waals surface area contributed by atoms with Gasteiger partial charge in [0.15, 0.2) is 6.10 Å². The first-order valence-electron chi connectivity index (χ1n) is 5.75. The molecule has 0 bridgehead atoms. The van der Waals surface area contributed by atoms with Crippen LogP contribution in [0.3, 0.4) is 0 Å². The monoisotopic (exact) mass is 285 g/mol. The average molecular weight is 286 g/mol. The zero-order valence-electron chi connectivity index (χ0n) is 11.0. The van der Waals surface area contributed by atoms with Gasteiger partial charge in [0.2, 0.25) is 0 Å². The van der Waals surface area contributed by atoms with Crippen LogP contribution in [-0.2, 0) is 14.3 Å². The number of carbonyl (C=O) groups excluding carboxylic acids is 2. The topological polar surface area (TPSA) is 64.6 Å². The van der Waals surface area contributed by atoms with Gasteiger partial charge < -0.3 is 14.8 Å². The third kappa shape index (κ3) is 4.44. The van der Waals surface area contributed by atoms with Gasteiger partial charge in [0, 0.05) is 0 Å². The molecule has 0 aliphatic carbocycles. The molecule has 0 heterocycles. The minimum Gasteiger partial charge on any atom is -0.479 e. The van der Waals surface area contributed by atoms with Crippen molar-refractivity contribution in [2.24, 2.45) is 0 Å². The summed E-state index contributed by atoms with van der Waals surface area (Å²) in [6.45, 7) is 3.11. The summed E-state index contributed by atoms with van der Waals surface area (Å²) in [5.74, 6) is -0.520. The van der Waals surface area contributed by atoms with Gasteiger partial charge in [-0.1, -0.05) is 23.7 Å². The Kier molecular flexibility index (Phi) is 5.63. The number of esters is 1. The van der Waals surface area contributed by atoms with E-state index in [-0.39, 0.29) is 0 Å². The summed E-state index contributed by atoms with van der Waals surface area (Å²) in [6, 6.07) is 6.12. The molecule has 0 aliphatic rings. The molecule has 1 aromatic rings. The highest BCUT2D eigenvalue weighted by atomic mass is 35.5. The normalized spacial score (nSPS) is 13.3. The highest BCUT2D eigenvalue weighted by molar-refractivity contribution is 6.32. The number of benzene rings is 1. The number of rotatable bonds is 5. The lowest BCUT2D eigenvalue weighted by molar-refractivity contribution is -0.145. The molecule has 0 saturated heterocycles. The summed E-state index contributed by atoms with van der Waals surface area (Å²) in [6.07, 6.45) is -0.771. The number of nitrogens with one attached hydrogen (secondary N) is 1. The number of halogens is 1. The van der Waals surface area contributed by atoms with Crippen LogP contribution in [0.4, 0.5) is 0 Å². The SMILES string of the molecule is COC(=O)[C@@H](C)NC(=O)C(C)Oc1ccccc1Cl. The molecule has 0 saturated carbocycles. The Balaban J connectivity index is 2.59. The summed E-state index contributed by atoms with van der Waals surface area (Å²) in [5, 5.41) is 2.91. The number of hydrogen-bond acceptors (Lipinski definition) is 4. The van der Waals surface area contributed by atoms with E-state index in [1.807, 2.05) is 0 Å². The summed E-state index contributed by atoms with van der Waals surface area (Å²) in [4.78, 5) is 23.0. The van der Waals surface area contributed by atoms with Gasteiger partial charge in [0.1, 0.15) is 11.8 Å². The number of amides is 1. The fraction of sp³-hybridized carbons (Fsp3) is 0.385. The number of para-hydroxylation sites is 1. The van der Waals surface area contributed by atoms with E-state index in [1.54, 1.807) is 31.2 Å². The summed E-state index contributed by atoms with van der Waals surface area (Å²) in [5.41, 5.74) is 0. The van der Waals surface area contributed by atoms with Crippen LogP contribution in [0.5, 0.6) is 5.75 Å². The minimum absolute atomic E-state index is 0.414. The molecule has 6 heteroatoms. The first-order chi connectivity index (χ1) is 8.95. The van der Waals surface area contributed by atoms with Gasteiger partial charge in [0.05, 0.1) is 12.1 Å². The van der Waals surface area contributed by atoms with Crippen LogP contribution >= 0.6 is 11.6 Å². The molecule has 0 aromatic heterocycles. The van der Waals surface area contributed by atoms with Gasteiger partial charge in [0.25, 0.3) is 5.91 Å². The molecule has 1 aromatic carbocycles. The highest BCUT2D eigenvalue weighted by Crippen LogP contribution is 2.24. The van der Waals surface area contributed by atoms with Gasteiger partial charge in [-0.05, 0) is 26.0 Å². The molecular formula is C13H16ClNO4. The number of carbonyl (C=O) groups is 2. The maximum Gasteiger partial charge on any atom is 0.328 e. The Bertz CT molecular complexity index is 464. The zero-order chi connectivity index (χ0) is 14.4. The summed E-state index contributed by atoms with van der Waals surface area (Å²) >= 11 is 5.92. The zero-order valence-corrected chi connectivity index (χ0v) is 11.7. The van der Waals surface area contributed by atoms with Crippen LogP contribution in [-0.4, -0.2) is 31.1 Å². The number of hydrogen-bond donors (Lipinski definition) is 1. The highest BCUT2D eigenvalue weighted by Gasteiger charge is 2.21. The van der Waals surface area contributed by atoms with Crippen LogP contribution in [0, 0.1) is 0 Å². The number of ether oxygens (including phenoxy) is 2. The van der Waals surface area contributed by atoms with E-state index in [2.05, 4.69) is 10.1 Å². The fourth-order valence-corrected chi connectivity index (χ4v) is 1.53. The lowest BCUT2D eigenvalue weighted by Gasteiger charge is -2.17. The molecule has 1 unspecified atom stereocenters. The van der Waals surface area contributed by atoms with Crippen molar-refractivity contribution in [3.63, 3.8) is 0 Å². The molecule has 104 valence electrons. The lowest BCUT2D eigenvalue weighted by atomic mass is 10.3. The molecule has 0 spiro atoms. The van der Waals surface area contributed by atoms with Crippen molar-refractivity contribution in [3.05, 3.63) is 29.3 Å². The molecular weight excluding hydrogens is 270 g/mol. The van der Waals surface area contributed by atoms with Crippen LogP contribution in [0.1, 0.15) is 13.8 Å². The third-order valence-electron chi connectivity index (χ3n) is 2.42. The van der Waals surface area contributed by atoms with Crippen LogP contribution in [0.15, 0.2) is 24.3 Å². The minimum atomic E-state index is -0.771. The second-order valence-corrected chi connectivity index (χ2v) is 4.35. The van der Waals surface area contributed by atoms with Crippen molar-refractivity contribution in [2.45, 2.75) is 26.0 Å². The van der Waals surface area contributed by atoms with Gasteiger partial charge in [-0.25, -0.2) is 4.79 Å². The smallest absolute Gasteiger partial charge is 0.328 e. The Labute approximate surface area is 116 Å². The molecule has 1 amide bonds. The maximum absolute atomic E-state index is 11.8. The van der Waals surface area contributed by atoms with Crippen molar-refractivity contribution < 1.29 is 19.1 Å². The standard InChI is InChI=1S/C13H16ClNO4/c1-8(13(17)18-3)15-12(16)9(2)19-11-7-5-4-6-10(11)14/h4-9H,1-3H3,(H,15,16)/t8-,9?/m1/s1. The first kappa shape index (κ1) is 15.3. The molecule has 1 N–H and O–H groups in total. The Morgan fingerprint density at radius 3 is 2.47 bits per heavy atom. The molecule has 5 nitrogen and oxygen atoms in total. The van der Waals surface area contributed by atoms with Gasteiger partial charge in [-0.15, -0.1) is 0 Å². The van der Waals surface area contributed by atoms with Gasteiger partial charge >= 0.3 is 5.97 Å². The first-order valence-corrected chi connectivity index (χ1v) is 6.13. The largest absolute Gasteiger partial charge is 0.479 e. The van der Waals surface area contributed by atoms with Gasteiger partial charge in [-0.2, -0.15) is 0 Å². The van der Waals surface area contributed by atoms with E-state index in [1.165, 1.54) is 14.0 Å². The van der Waals surface area contributed by atoms with E-state index in [0.29, 0.717) is 10.8 Å². The fourth-order valence-electron chi connectivity index (χ4n) is 1.35. The van der Waals surface area contributed by atoms with E-state index in [4.69, 9.17) is 16.3 Å². The maximum atomic E-state index is 11.8. The summed E-state index contributed by atoms with van der Waals surface area (Å²) in [7, 11) is 1.26. The van der Waals surface area contributed by atoms with Crippen molar-refractivity contribution in [2.75, 3.05) is 7.11 Å². The Hall–Kier alpha value is -1.75. The third-order valence-corrected chi connectivity index (χ3v) is 2.74. The van der Waals surface area contributed by atoms with Crippen molar-refractivity contribution in [1.82, 2.24) is 5.32 Å². The second-order valence-electron chi connectivity index (χ2n) is 3.94. The molecule has 19 heavy (non-hydrogen) atoms. The van der Waals surface area contributed by atoms with Crippen LogP contribution in [0.2, 0.25) is 5.02 Å². The predicted molar refractivity (Wildman–Crippen MR) is 71.2 cm³/mol. The van der Waals surface area contributed by atoms with Crippen LogP contribution < -0.4 is 10.1 Å². The van der Waals surface area contributed by atoms with Crippen molar-refractivity contribution >= 4 is 23.5 Å². The Morgan fingerprint density at radius 2 is 1.89 bits per heavy atom. The quantitative estimate of drug-likeness (QED) is 0.838. The molecule has 0 fully saturated rings. The van der Waals surface area contributed by atoms with Gasteiger partial charge in [-0.3, -0.25) is 4.79 Å². The summed E-state index contributed by atoms with van der Waals surface area (Å²) < 4.78 is 9.94. The number of methoxy groups -OCH3 is 1. The molecule has 0 radical (unpaired) electrons. The van der Waals surface area contributed by atoms with E-state index in [0.717, 1.165) is 0 Å². The molecule has 2 atom stereocenters. The Morgan fingerprint density at radius 1 is 1.26 bits per heavy atom. The van der Waals surface area contributed by atoms with Crippen LogP contribution in [0.25, 0.3) is 0 Å². The molecule has 0 aliphatic heterocycles. The molecule has 1 rings (SSSR count). The van der Waals surface area contributed by atoms with Crippen molar-refractivity contribution in [1.29, 1.82) is 0 Å². The predicted octanol–water partition coefficient (Wildman–Crippen LogP) is 1.78. The van der Waals surface area contributed by atoms with E-state index < -0.39 is 24.0 Å². The van der Waals surface area contributed by atoms with Crippen molar-refractivity contribution in [3.8, 4) is 5.75 Å².